The van der Waals surface area contributed by atoms with Gasteiger partial charge in [0.15, 0.2) is 5.60 Å². The summed E-state index contributed by atoms with van der Waals surface area (Å²) in [5.41, 5.74) is 9.32. The Hall–Kier alpha value is -3.53. The van der Waals surface area contributed by atoms with Crippen molar-refractivity contribution >= 4 is 23.4 Å². The van der Waals surface area contributed by atoms with Gasteiger partial charge in [0.25, 0.3) is 11.8 Å². The maximum Gasteiger partial charge on any atom is 0.288 e. The van der Waals surface area contributed by atoms with E-state index in [1.807, 2.05) is 0 Å². The van der Waals surface area contributed by atoms with Gasteiger partial charge in [-0.25, -0.2) is 8.78 Å². The lowest BCUT2D eigenvalue weighted by atomic mass is 9.74. The van der Waals surface area contributed by atoms with Crippen LogP contribution in [0.15, 0.2) is 72.8 Å². The molecule has 0 aromatic heterocycles. The van der Waals surface area contributed by atoms with Crippen LogP contribution in [0.5, 0.6) is 5.75 Å². The molecule has 0 spiro atoms. The van der Waals surface area contributed by atoms with E-state index < -0.39 is 34.8 Å². The van der Waals surface area contributed by atoms with Crippen LogP contribution in [0.3, 0.4) is 0 Å². The van der Waals surface area contributed by atoms with Crippen LogP contribution in [0.25, 0.3) is 11.1 Å². The lowest BCUT2D eigenvalue weighted by Crippen LogP contribution is -2.60. The van der Waals surface area contributed by atoms with Gasteiger partial charge in [0, 0.05) is 29.7 Å². The first-order valence-corrected chi connectivity index (χ1v) is 15.9. The number of carbonyl (C=O) groups is 2. The summed E-state index contributed by atoms with van der Waals surface area (Å²) in [7, 11) is 0. The largest absolute Gasteiger partial charge is 0.493 e. The Balaban J connectivity index is 1.49. The minimum Gasteiger partial charge on any atom is -0.493 e. The number of likely N-dealkylation sites (tertiary alicyclic amines) is 1. The lowest BCUT2D eigenvalue weighted by Gasteiger charge is -2.41. The Labute approximate surface area is 267 Å². The van der Waals surface area contributed by atoms with Crippen molar-refractivity contribution in [2.45, 2.75) is 62.5 Å². The first-order valence-electron chi connectivity index (χ1n) is 15.5. The molecule has 45 heavy (non-hydrogen) atoms. The molecular weight excluding hydrogens is 600 g/mol. The topological polar surface area (TPSA) is 119 Å². The smallest absolute Gasteiger partial charge is 0.288 e. The van der Waals surface area contributed by atoms with E-state index in [0.717, 1.165) is 31.2 Å². The molecule has 240 valence electrons. The zero-order valence-electron chi connectivity index (χ0n) is 25.1. The Bertz CT molecular complexity index is 1460. The number of nitrogens with two attached hydrogens (primary N) is 2. The second-order valence-electron chi connectivity index (χ2n) is 12.3. The van der Waals surface area contributed by atoms with Crippen molar-refractivity contribution in [1.29, 1.82) is 0 Å². The van der Waals surface area contributed by atoms with Crippen LogP contribution in [0.2, 0.25) is 5.02 Å². The highest BCUT2D eigenvalue weighted by atomic mass is 35.5. The summed E-state index contributed by atoms with van der Waals surface area (Å²) in [4.78, 5) is 28.3. The van der Waals surface area contributed by atoms with Crippen molar-refractivity contribution in [1.82, 2.24) is 4.90 Å². The number of rotatable bonds is 10. The molecule has 1 heterocycles. The van der Waals surface area contributed by atoms with E-state index >= 15 is 8.78 Å². The van der Waals surface area contributed by atoms with Gasteiger partial charge in [-0.1, -0.05) is 79.4 Å². The fourth-order valence-corrected chi connectivity index (χ4v) is 6.54. The Kier molecular flexibility index (Phi) is 10.1. The molecular formula is C35H40ClF2N3O4. The number of carbonyl (C=O) groups excluding carboxylic acids is 2. The number of halogens is 3. The average molecular weight is 640 g/mol. The Morgan fingerprint density at radius 1 is 0.867 bits per heavy atom. The lowest BCUT2D eigenvalue weighted by molar-refractivity contribution is -0.191. The molecule has 1 aliphatic carbocycles. The van der Waals surface area contributed by atoms with E-state index in [2.05, 4.69) is 0 Å². The number of hydrogen-bond acceptors (Lipinski definition) is 5. The van der Waals surface area contributed by atoms with Gasteiger partial charge in [-0.3, -0.25) is 9.59 Å². The molecule has 3 aromatic carbocycles. The molecule has 1 unspecified atom stereocenters. The second kappa shape index (κ2) is 13.8. The average Bonchev–Trinajstić information content (AvgIpc) is 3.05. The van der Waals surface area contributed by atoms with Crippen LogP contribution in [0, 0.1) is 11.8 Å². The second-order valence-corrected chi connectivity index (χ2v) is 12.7. The number of amides is 2. The zero-order valence-corrected chi connectivity index (χ0v) is 25.9. The molecule has 2 fully saturated rings. The van der Waals surface area contributed by atoms with Crippen molar-refractivity contribution < 1.29 is 28.2 Å². The van der Waals surface area contributed by atoms with Crippen molar-refractivity contribution in [3.05, 3.63) is 88.9 Å². The first-order chi connectivity index (χ1) is 21.5. The summed E-state index contributed by atoms with van der Waals surface area (Å²) in [5.74, 6) is -8.18. The standard InChI is InChI=1S/C35H40ClF2N3O4/c36-28-14-8-25(9-15-28)24-6-10-27(11-7-24)35(37,38)31(32(42)41-20-18-29(39)19-21-41)34(44,33(40)43)26-12-16-30(17-13-26)45-22-23-4-2-1-3-5-23/h6-17,23,29,31,44H,1-5,18-22,39H2,(H2,40,43)/t31-,34?/m1/s1. The molecule has 0 bridgehead atoms. The van der Waals surface area contributed by atoms with Crippen LogP contribution >= 0.6 is 11.6 Å². The van der Waals surface area contributed by atoms with E-state index in [1.54, 1.807) is 24.3 Å². The first kappa shape index (κ1) is 32.9. The number of benzene rings is 3. The molecule has 2 atom stereocenters. The molecule has 1 saturated carbocycles. The number of nitrogens with zero attached hydrogens (tertiary/aromatic N) is 1. The summed E-state index contributed by atoms with van der Waals surface area (Å²) < 4.78 is 39.4. The monoisotopic (exact) mass is 639 g/mol. The van der Waals surface area contributed by atoms with Gasteiger partial charge in [-0.05, 0) is 72.6 Å². The third-order valence-corrected chi connectivity index (χ3v) is 9.46. The summed E-state index contributed by atoms with van der Waals surface area (Å²) in [6.45, 7) is 0.747. The highest BCUT2D eigenvalue weighted by molar-refractivity contribution is 6.30. The number of hydrogen-bond donors (Lipinski definition) is 3. The van der Waals surface area contributed by atoms with Gasteiger partial charge in [0.2, 0.25) is 5.91 Å². The maximum absolute atomic E-state index is 16.8. The van der Waals surface area contributed by atoms with Crippen molar-refractivity contribution in [3.8, 4) is 16.9 Å². The van der Waals surface area contributed by atoms with Gasteiger partial charge < -0.3 is 26.2 Å². The summed E-state index contributed by atoms with van der Waals surface area (Å²) in [6, 6.07) is 17.8. The van der Waals surface area contributed by atoms with E-state index in [0.29, 0.717) is 41.7 Å². The quantitative estimate of drug-likeness (QED) is 0.252. The van der Waals surface area contributed by atoms with E-state index in [4.69, 9.17) is 27.8 Å². The predicted molar refractivity (Wildman–Crippen MR) is 170 cm³/mol. The van der Waals surface area contributed by atoms with Crippen molar-refractivity contribution in [2.24, 2.45) is 23.3 Å². The number of aliphatic hydroxyl groups is 1. The van der Waals surface area contributed by atoms with Crippen molar-refractivity contribution in [2.75, 3.05) is 19.7 Å². The molecule has 2 aliphatic rings. The minimum atomic E-state index is -4.00. The Morgan fingerprint density at radius 3 is 1.96 bits per heavy atom. The molecule has 3 aromatic rings. The fraction of sp³-hybridized carbons (Fsp3) is 0.429. The summed E-state index contributed by atoms with van der Waals surface area (Å²) in [6.07, 6.45) is 6.52. The number of piperidine rings is 1. The van der Waals surface area contributed by atoms with Crippen LogP contribution < -0.4 is 16.2 Å². The van der Waals surface area contributed by atoms with Gasteiger partial charge in [-0.15, -0.1) is 0 Å². The minimum absolute atomic E-state index is 0.116. The fourth-order valence-electron chi connectivity index (χ4n) is 6.42. The molecule has 1 saturated heterocycles. The van der Waals surface area contributed by atoms with Gasteiger partial charge in [-0.2, -0.15) is 0 Å². The molecule has 7 nitrogen and oxygen atoms in total. The summed E-state index contributed by atoms with van der Waals surface area (Å²) in [5, 5.41) is 12.5. The van der Waals surface area contributed by atoms with E-state index in [9.17, 15) is 14.7 Å². The third kappa shape index (κ3) is 7.16. The SMILES string of the molecule is NC(=O)C(O)(c1ccc(OCC2CCCCC2)cc1)[C@@H](C(=O)N1CCC(N)CC1)C(F)(F)c1ccc(-c2ccc(Cl)cc2)cc1. The van der Waals surface area contributed by atoms with Crippen molar-refractivity contribution in [3.63, 3.8) is 0 Å². The zero-order chi connectivity index (χ0) is 32.2. The third-order valence-electron chi connectivity index (χ3n) is 9.21. The van der Waals surface area contributed by atoms with Gasteiger partial charge in [0.1, 0.15) is 11.7 Å². The molecule has 5 N–H and O–H groups in total. The number of primary amides is 1. The van der Waals surface area contributed by atoms with Crippen LogP contribution in [0.1, 0.15) is 56.1 Å². The van der Waals surface area contributed by atoms with E-state index in [-0.39, 0.29) is 24.7 Å². The summed E-state index contributed by atoms with van der Waals surface area (Å²) >= 11 is 5.99. The van der Waals surface area contributed by atoms with E-state index in [1.165, 1.54) is 59.9 Å². The highest BCUT2D eigenvalue weighted by Gasteiger charge is 2.62. The normalized spacial score (nSPS) is 18.6. The van der Waals surface area contributed by atoms with Gasteiger partial charge >= 0.3 is 0 Å². The Morgan fingerprint density at radius 2 is 1.40 bits per heavy atom. The number of ether oxygens (including phenoxy) is 1. The van der Waals surface area contributed by atoms with Crippen LogP contribution in [0.4, 0.5) is 8.78 Å². The van der Waals surface area contributed by atoms with Crippen LogP contribution in [-0.2, 0) is 21.1 Å². The maximum atomic E-state index is 16.8. The molecule has 5 rings (SSSR count). The highest BCUT2D eigenvalue weighted by Crippen LogP contribution is 2.48. The number of alkyl halides is 2. The molecule has 2 amide bonds. The predicted octanol–water partition coefficient (Wildman–Crippen LogP) is 6.00. The molecule has 1 aliphatic heterocycles. The molecule has 10 heteroatoms. The van der Waals surface area contributed by atoms with Gasteiger partial charge in [0.05, 0.1) is 6.61 Å². The van der Waals surface area contributed by atoms with Crippen LogP contribution in [-0.4, -0.2) is 47.6 Å². The molecule has 0 radical (unpaired) electrons.